The predicted molar refractivity (Wildman–Crippen MR) is 91.3 cm³/mol. The van der Waals surface area contributed by atoms with Crippen molar-refractivity contribution in [3.63, 3.8) is 0 Å². The highest BCUT2D eigenvalue weighted by molar-refractivity contribution is 5.97. The lowest BCUT2D eigenvalue weighted by atomic mass is 10.1. The molecule has 5 heteroatoms. The molecule has 1 N–H and O–H groups in total. The van der Waals surface area contributed by atoms with E-state index in [1.54, 1.807) is 36.4 Å². The van der Waals surface area contributed by atoms with Crippen LogP contribution in [0.4, 0.5) is 5.69 Å². The standard InChI is InChI=1S/C19H19NO4/c1-12-8-13(2)10-16(9-12)19(23)24-11-18(22)20-17-6-4-15(5-7-17)14(3)21/h4-10H,11H2,1-3H3,(H,20,22). The van der Waals surface area contributed by atoms with E-state index in [0.29, 0.717) is 16.8 Å². The van der Waals surface area contributed by atoms with Gasteiger partial charge in [0.1, 0.15) is 0 Å². The molecule has 0 aliphatic rings. The van der Waals surface area contributed by atoms with E-state index >= 15 is 0 Å². The molecule has 124 valence electrons. The van der Waals surface area contributed by atoms with Crippen LogP contribution in [0.15, 0.2) is 42.5 Å². The van der Waals surface area contributed by atoms with Crippen molar-refractivity contribution < 1.29 is 19.1 Å². The van der Waals surface area contributed by atoms with Crippen molar-refractivity contribution in [1.29, 1.82) is 0 Å². The molecule has 2 aromatic carbocycles. The number of ether oxygens (including phenoxy) is 1. The fourth-order valence-corrected chi connectivity index (χ4v) is 2.29. The van der Waals surface area contributed by atoms with E-state index in [4.69, 9.17) is 4.74 Å². The van der Waals surface area contributed by atoms with E-state index in [1.165, 1.54) is 6.92 Å². The summed E-state index contributed by atoms with van der Waals surface area (Å²) >= 11 is 0. The third kappa shape index (κ3) is 4.78. The normalized spacial score (nSPS) is 10.1. The number of benzene rings is 2. The van der Waals surface area contributed by atoms with Crippen LogP contribution in [0.2, 0.25) is 0 Å². The zero-order valence-corrected chi connectivity index (χ0v) is 13.9. The van der Waals surface area contributed by atoms with Crippen molar-refractivity contribution in [2.45, 2.75) is 20.8 Å². The van der Waals surface area contributed by atoms with Gasteiger partial charge >= 0.3 is 5.97 Å². The molecule has 24 heavy (non-hydrogen) atoms. The molecule has 5 nitrogen and oxygen atoms in total. The number of carbonyl (C=O) groups excluding carboxylic acids is 3. The average molecular weight is 325 g/mol. The molecule has 0 bridgehead atoms. The molecule has 0 unspecified atom stereocenters. The molecule has 2 rings (SSSR count). The van der Waals surface area contributed by atoms with Crippen LogP contribution >= 0.6 is 0 Å². The van der Waals surface area contributed by atoms with Crippen molar-refractivity contribution in [2.75, 3.05) is 11.9 Å². The molecule has 0 aliphatic heterocycles. The molecule has 0 atom stereocenters. The SMILES string of the molecule is CC(=O)c1ccc(NC(=O)COC(=O)c2cc(C)cc(C)c2)cc1. The second kappa shape index (κ2) is 7.55. The number of carbonyl (C=O) groups is 3. The fourth-order valence-electron chi connectivity index (χ4n) is 2.29. The maximum atomic E-state index is 12.0. The van der Waals surface area contributed by atoms with Crippen LogP contribution in [-0.4, -0.2) is 24.3 Å². The molecule has 0 heterocycles. The lowest BCUT2D eigenvalue weighted by Crippen LogP contribution is -2.21. The van der Waals surface area contributed by atoms with Gasteiger partial charge in [0.25, 0.3) is 5.91 Å². The second-order valence-corrected chi connectivity index (χ2v) is 5.63. The summed E-state index contributed by atoms with van der Waals surface area (Å²) in [5.41, 5.74) is 3.43. The monoisotopic (exact) mass is 325 g/mol. The van der Waals surface area contributed by atoms with E-state index in [1.807, 2.05) is 19.9 Å². The Bertz CT molecular complexity index is 758. The van der Waals surface area contributed by atoms with Crippen molar-refractivity contribution in [3.05, 3.63) is 64.7 Å². The topological polar surface area (TPSA) is 72.5 Å². The van der Waals surface area contributed by atoms with Crippen LogP contribution in [-0.2, 0) is 9.53 Å². The van der Waals surface area contributed by atoms with Gasteiger partial charge in [0.05, 0.1) is 5.56 Å². The zero-order chi connectivity index (χ0) is 17.7. The molecule has 0 spiro atoms. The smallest absolute Gasteiger partial charge is 0.338 e. The molecule has 0 saturated heterocycles. The Labute approximate surface area is 140 Å². The first-order valence-electron chi connectivity index (χ1n) is 7.51. The van der Waals surface area contributed by atoms with Gasteiger partial charge in [-0.1, -0.05) is 17.2 Å². The van der Waals surface area contributed by atoms with Gasteiger partial charge in [-0.3, -0.25) is 9.59 Å². The largest absolute Gasteiger partial charge is 0.452 e. The molecule has 0 saturated carbocycles. The van der Waals surface area contributed by atoms with Gasteiger partial charge in [0.2, 0.25) is 0 Å². The summed E-state index contributed by atoms with van der Waals surface area (Å²) in [7, 11) is 0. The molecule has 1 amide bonds. The average Bonchev–Trinajstić information content (AvgIpc) is 2.52. The van der Waals surface area contributed by atoms with Gasteiger partial charge in [0, 0.05) is 11.3 Å². The summed E-state index contributed by atoms with van der Waals surface area (Å²) in [5.74, 6) is -1.03. The van der Waals surface area contributed by atoms with Crippen molar-refractivity contribution in [1.82, 2.24) is 0 Å². The van der Waals surface area contributed by atoms with Crippen molar-refractivity contribution in [3.8, 4) is 0 Å². The maximum Gasteiger partial charge on any atom is 0.338 e. The van der Waals surface area contributed by atoms with E-state index < -0.39 is 11.9 Å². The molecule has 2 aromatic rings. The summed E-state index contributed by atoms with van der Waals surface area (Å²) < 4.78 is 5.03. The quantitative estimate of drug-likeness (QED) is 0.676. The number of amides is 1. The first-order chi connectivity index (χ1) is 11.3. The Kier molecular flexibility index (Phi) is 5.47. The van der Waals surface area contributed by atoms with Crippen LogP contribution in [0.1, 0.15) is 38.8 Å². The summed E-state index contributed by atoms with van der Waals surface area (Å²) in [6, 6.07) is 11.9. The van der Waals surface area contributed by atoms with Crippen LogP contribution in [0, 0.1) is 13.8 Å². The fraction of sp³-hybridized carbons (Fsp3) is 0.211. The number of rotatable bonds is 5. The minimum absolute atomic E-state index is 0.0461. The molecular weight excluding hydrogens is 306 g/mol. The van der Waals surface area contributed by atoms with Gasteiger partial charge in [-0.25, -0.2) is 4.79 Å². The summed E-state index contributed by atoms with van der Waals surface area (Å²) in [5, 5.41) is 2.61. The van der Waals surface area contributed by atoms with Crippen LogP contribution < -0.4 is 5.32 Å². The molecule has 0 fully saturated rings. The Morgan fingerprint density at radius 1 is 0.917 bits per heavy atom. The number of hydrogen-bond acceptors (Lipinski definition) is 4. The van der Waals surface area contributed by atoms with Gasteiger partial charge in [-0.15, -0.1) is 0 Å². The van der Waals surface area contributed by atoms with Crippen LogP contribution in [0.5, 0.6) is 0 Å². The van der Waals surface area contributed by atoms with Crippen molar-refractivity contribution in [2.24, 2.45) is 0 Å². The van der Waals surface area contributed by atoms with E-state index in [-0.39, 0.29) is 12.4 Å². The van der Waals surface area contributed by atoms with Crippen molar-refractivity contribution >= 4 is 23.3 Å². The number of ketones is 1. The number of esters is 1. The Morgan fingerprint density at radius 3 is 2.04 bits per heavy atom. The molecular formula is C19H19NO4. The highest BCUT2D eigenvalue weighted by Gasteiger charge is 2.11. The van der Waals surface area contributed by atoms with E-state index in [0.717, 1.165) is 11.1 Å². The van der Waals surface area contributed by atoms with Gasteiger partial charge in [-0.2, -0.15) is 0 Å². The minimum Gasteiger partial charge on any atom is -0.452 e. The third-order valence-corrected chi connectivity index (χ3v) is 3.37. The number of Topliss-reactive ketones (excluding diaryl/α,β-unsaturated/α-hetero) is 1. The van der Waals surface area contributed by atoms with Crippen LogP contribution in [0.3, 0.4) is 0 Å². The number of hydrogen-bond donors (Lipinski definition) is 1. The Hall–Kier alpha value is -2.95. The first-order valence-corrected chi connectivity index (χ1v) is 7.51. The predicted octanol–water partition coefficient (Wildman–Crippen LogP) is 3.30. The highest BCUT2D eigenvalue weighted by atomic mass is 16.5. The first kappa shape index (κ1) is 17.4. The van der Waals surface area contributed by atoms with Crippen LogP contribution in [0.25, 0.3) is 0 Å². The number of anilines is 1. The number of nitrogens with one attached hydrogen (secondary N) is 1. The molecule has 0 aliphatic carbocycles. The zero-order valence-electron chi connectivity index (χ0n) is 13.9. The number of aryl methyl sites for hydroxylation is 2. The summed E-state index contributed by atoms with van der Waals surface area (Å²) in [6.07, 6.45) is 0. The summed E-state index contributed by atoms with van der Waals surface area (Å²) in [6.45, 7) is 4.88. The Balaban J connectivity index is 1.90. The van der Waals surface area contributed by atoms with E-state index in [9.17, 15) is 14.4 Å². The summed E-state index contributed by atoms with van der Waals surface area (Å²) in [4.78, 5) is 35.0. The minimum atomic E-state index is -0.538. The molecule has 0 aromatic heterocycles. The van der Waals surface area contributed by atoms with Gasteiger partial charge in [-0.05, 0) is 57.2 Å². The lowest BCUT2D eigenvalue weighted by molar-refractivity contribution is -0.119. The lowest BCUT2D eigenvalue weighted by Gasteiger charge is -2.08. The third-order valence-electron chi connectivity index (χ3n) is 3.37. The van der Waals surface area contributed by atoms with Gasteiger partial charge in [0.15, 0.2) is 12.4 Å². The maximum absolute atomic E-state index is 12.0. The van der Waals surface area contributed by atoms with E-state index in [2.05, 4.69) is 5.32 Å². The molecule has 0 radical (unpaired) electrons. The Morgan fingerprint density at radius 2 is 1.50 bits per heavy atom. The second-order valence-electron chi connectivity index (χ2n) is 5.63. The van der Waals surface area contributed by atoms with Gasteiger partial charge < -0.3 is 10.1 Å². The highest BCUT2D eigenvalue weighted by Crippen LogP contribution is 2.11.